The van der Waals surface area contributed by atoms with Crippen molar-refractivity contribution < 1.29 is 0 Å². The molecular weight excluding hydrogens is 665 g/mol. The van der Waals surface area contributed by atoms with E-state index < -0.39 is 0 Å². The molecule has 9 aromatic carbocycles. The van der Waals surface area contributed by atoms with Crippen LogP contribution < -0.4 is 0 Å². The third-order valence-corrected chi connectivity index (χ3v) is 11.8. The maximum absolute atomic E-state index is 4.84. The number of benzene rings is 9. The normalized spacial score (nSPS) is 12.0. The first kappa shape index (κ1) is 30.2. The Morgan fingerprint density at radius 3 is 1.55 bits per heavy atom. The highest BCUT2D eigenvalue weighted by atomic mass is 15.1. The molecule has 0 saturated carbocycles. The van der Waals surface area contributed by atoms with Gasteiger partial charge in [0.15, 0.2) is 0 Å². The molecule has 0 aliphatic heterocycles. The minimum atomic E-state index is 0.922. The van der Waals surface area contributed by atoms with Crippen molar-refractivity contribution in [2.24, 2.45) is 0 Å². The summed E-state index contributed by atoms with van der Waals surface area (Å²) in [6.45, 7) is 0. The molecular formula is C53H32N2. The first-order valence-corrected chi connectivity index (χ1v) is 19.0. The molecule has 0 saturated heterocycles. The van der Waals surface area contributed by atoms with Crippen LogP contribution in [0.25, 0.3) is 116 Å². The molecule has 0 fully saturated rings. The summed E-state index contributed by atoms with van der Waals surface area (Å²) < 4.78 is 2.34. The van der Waals surface area contributed by atoms with Gasteiger partial charge in [0.25, 0.3) is 0 Å². The molecule has 12 rings (SSSR count). The molecule has 2 nitrogen and oxygen atoms in total. The third-order valence-electron chi connectivity index (χ3n) is 11.8. The molecule has 11 aromatic rings. The van der Waals surface area contributed by atoms with E-state index >= 15 is 0 Å². The van der Waals surface area contributed by atoms with Crippen LogP contribution in [0.4, 0.5) is 0 Å². The van der Waals surface area contributed by atoms with Crippen molar-refractivity contribution in [2.45, 2.75) is 0 Å². The summed E-state index contributed by atoms with van der Waals surface area (Å²) in [5.74, 6) is 0.922. The predicted octanol–water partition coefficient (Wildman–Crippen LogP) is 14.3. The first-order chi connectivity index (χ1) is 27.3. The molecule has 254 valence electrons. The number of fused-ring (bicyclic) bond motifs is 9. The Kier molecular flexibility index (Phi) is 6.37. The highest BCUT2D eigenvalue weighted by Crippen LogP contribution is 2.58. The fourth-order valence-corrected chi connectivity index (χ4v) is 9.61. The van der Waals surface area contributed by atoms with E-state index in [1.54, 1.807) is 0 Å². The van der Waals surface area contributed by atoms with Crippen molar-refractivity contribution in [2.75, 3.05) is 0 Å². The average molecular weight is 697 g/mol. The van der Waals surface area contributed by atoms with Crippen molar-refractivity contribution in [3.8, 4) is 61.5 Å². The fourth-order valence-electron chi connectivity index (χ4n) is 9.61. The van der Waals surface area contributed by atoms with Gasteiger partial charge in [-0.3, -0.25) is 4.57 Å². The molecule has 0 N–H and O–H groups in total. The molecule has 1 aliphatic carbocycles. The van der Waals surface area contributed by atoms with Crippen LogP contribution in [0.1, 0.15) is 0 Å². The summed E-state index contributed by atoms with van der Waals surface area (Å²) in [6.07, 6.45) is 1.88. The van der Waals surface area contributed by atoms with Crippen molar-refractivity contribution in [3.05, 3.63) is 194 Å². The highest BCUT2D eigenvalue weighted by Gasteiger charge is 2.31. The lowest BCUT2D eigenvalue weighted by molar-refractivity contribution is 1.08. The largest absolute Gasteiger partial charge is 0.293 e. The summed E-state index contributed by atoms with van der Waals surface area (Å²) in [7, 11) is 0. The first-order valence-electron chi connectivity index (χ1n) is 19.0. The molecule has 0 bridgehead atoms. The van der Waals surface area contributed by atoms with Crippen LogP contribution in [0.2, 0.25) is 0 Å². The summed E-state index contributed by atoms with van der Waals surface area (Å²) >= 11 is 0. The summed E-state index contributed by atoms with van der Waals surface area (Å²) in [4.78, 5) is 4.84. The molecule has 0 spiro atoms. The maximum Gasteiger partial charge on any atom is 0.137 e. The van der Waals surface area contributed by atoms with Crippen LogP contribution >= 0.6 is 0 Å². The van der Waals surface area contributed by atoms with Gasteiger partial charge in [-0.1, -0.05) is 164 Å². The molecule has 0 radical (unpaired) electrons. The monoisotopic (exact) mass is 696 g/mol. The second-order valence-corrected chi connectivity index (χ2v) is 14.6. The van der Waals surface area contributed by atoms with Gasteiger partial charge < -0.3 is 0 Å². The lowest BCUT2D eigenvalue weighted by Crippen LogP contribution is -1.97. The number of hydrogen-bond acceptors (Lipinski definition) is 1. The lowest BCUT2D eigenvalue weighted by Gasteiger charge is -2.20. The minimum absolute atomic E-state index is 0.922. The average Bonchev–Trinajstić information content (AvgIpc) is 3.77. The van der Waals surface area contributed by atoms with Gasteiger partial charge in [0.05, 0.1) is 11.0 Å². The molecule has 1 aliphatic rings. The van der Waals surface area contributed by atoms with Gasteiger partial charge in [0.2, 0.25) is 0 Å². The van der Waals surface area contributed by atoms with Gasteiger partial charge >= 0.3 is 0 Å². The van der Waals surface area contributed by atoms with E-state index in [2.05, 4.69) is 187 Å². The number of aromatic nitrogens is 2. The molecule has 0 atom stereocenters. The van der Waals surface area contributed by atoms with Gasteiger partial charge in [-0.15, -0.1) is 0 Å². The molecule has 2 aromatic heterocycles. The van der Waals surface area contributed by atoms with Crippen molar-refractivity contribution >= 4 is 54.1 Å². The van der Waals surface area contributed by atoms with E-state index in [-0.39, 0.29) is 0 Å². The maximum atomic E-state index is 4.84. The van der Waals surface area contributed by atoms with Crippen LogP contribution in [-0.4, -0.2) is 9.55 Å². The smallest absolute Gasteiger partial charge is 0.137 e. The number of pyridine rings is 1. The SMILES string of the molecule is c1ccc(-c2c3c(c(-c4ccccc4)c4ccccc24)-c2ccc(-c4cc5c6ccccc6n(-c6ccccn6)c5c5ccccc45)c4cccc-3c24)cc1. The number of para-hydroxylation sites is 1. The Morgan fingerprint density at radius 2 is 0.873 bits per heavy atom. The number of rotatable bonds is 4. The Labute approximate surface area is 318 Å². The van der Waals surface area contributed by atoms with Gasteiger partial charge in [-0.2, -0.15) is 0 Å². The quantitative estimate of drug-likeness (QED) is 0.179. The van der Waals surface area contributed by atoms with Gasteiger partial charge in [-0.05, 0) is 107 Å². The topological polar surface area (TPSA) is 17.8 Å². The molecule has 0 amide bonds. The zero-order valence-electron chi connectivity index (χ0n) is 29.9. The summed E-state index contributed by atoms with van der Waals surface area (Å²) in [5, 5.41) is 10.0. The Bertz CT molecular complexity index is 3250. The second kappa shape index (κ2) is 11.6. The van der Waals surface area contributed by atoms with Gasteiger partial charge in [0.1, 0.15) is 5.82 Å². The van der Waals surface area contributed by atoms with E-state index in [0.717, 1.165) is 11.3 Å². The Hall–Kier alpha value is -7.29. The highest BCUT2D eigenvalue weighted by molar-refractivity contribution is 6.30. The van der Waals surface area contributed by atoms with E-state index in [0.29, 0.717) is 0 Å². The zero-order chi connectivity index (χ0) is 36.0. The van der Waals surface area contributed by atoms with E-state index in [9.17, 15) is 0 Å². The fraction of sp³-hybridized carbons (Fsp3) is 0. The Balaban J connectivity index is 1.21. The number of hydrogen-bond donors (Lipinski definition) is 0. The Morgan fingerprint density at radius 1 is 0.327 bits per heavy atom. The standard InChI is InChI=1S/C53H32N2/c1-3-16-33(17-4-1)48-39-22-8-9-23-40(39)49(34-18-5-2-6-19-34)52-43-30-29-36(38-25-15-26-42(50(38)43)51(48)52)44-32-45-37-21-11-12-27-46(37)55(47-28-13-14-31-54-47)53(45)41-24-10-7-20-35(41)44/h1-32H. The van der Waals surface area contributed by atoms with Gasteiger partial charge in [0, 0.05) is 22.4 Å². The van der Waals surface area contributed by atoms with E-state index in [4.69, 9.17) is 4.98 Å². The molecule has 55 heavy (non-hydrogen) atoms. The van der Waals surface area contributed by atoms with Crippen molar-refractivity contribution in [3.63, 3.8) is 0 Å². The van der Waals surface area contributed by atoms with Crippen LogP contribution in [0, 0.1) is 0 Å². The lowest BCUT2D eigenvalue weighted by atomic mass is 9.82. The van der Waals surface area contributed by atoms with E-state index in [1.807, 2.05) is 12.3 Å². The predicted molar refractivity (Wildman–Crippen MR) is 232 cm³/mol. The zero-order valence-corrected chi connectivity index (χ0v) is 29.9. The van der Waals surface area contributed by atoms with E-state index in [1.165, 1.54) is 104 Å². The molecule has 2 heteroatoms. The van der Waals surface area contributed by atoms with Gasteiger partial charge in [-0.25, -0.2) is 4.98 Å². The van der Waals surface area contributed by atoms with Crippen molar-refractivity contribution in [1.82, 2.24) is 9.55 Å². The number of nitrogens with zero attached hydrogens (tertiary/aromatic N) is 2. The van der Waals surface area contributed by atoms with Crippen LogP contribution in [0.5, 0.6) is 0 Å². The minimum Gasteiger partial charge on any atom is -0.293 e. The molecule has 0 unspecified atom stereocenters. The summed E-state index contributed by atoms with van der Waals surface area (Å²) in [6, 6.07) is 68.9. The second-order valence-electron chi connectivity index (χ2n) is 14.6. The van der Waals surface area contributed by atoms with Crippen molar-refractivity contribution in [1.29, 1.82) is 0 Å². The van der Waals surface area contributed by atoms with Crippen LogP contribution in [0.15, 0.2) is 194 Å². The summed E-state index contributed by atoms with van der Waals surface area (Å²) in [5.41, 5.74) is 15.1. The van der Waals surface area contributed by atoms with Crippen LogP contribution in [0.3, 0.4) is 0 Å². The third kappa shape index (κ3) is 4.22. The molecule has 2 heterocycles. The van der Waals surface area contributed by atoms with Crippen LogP contribution in [-0.2, 0) is 0 Å².